The Hall–Kier alpha value is -2.00. The highest BCUT2D eigenvalue weighted by molar-refractivity contribution is 7.98. The van der Waals surface area contributed by atoms with Crippen LogP contribution in [0.4, 0.5) is 0 Å². The highest BCUT2D eigenvalue weighted by Gasteiger charge is 2.08. The summed E-state index contributed by atoms with van der Waals surface area (Å²) < 4.78 is 1.85. The molecule has 0 radical (unpaired) electrons. The number of hydrogen-bond donors (Lipinski definition) is 1. The number of unbranched alkanes of at least 4 members (excludes halogenated alkanes) is 1. The largest absolute Gasteiger partial charge is 0.259 e. The van der Waals surface area contributed by atoms with E-state index >= 15 is 0 Å². The van der Waals surface area contributed by atoms with Gasteiger partial charge in [0.15, 0.2) is 5.82 Å². The summed E-state index contributed by atoms with van der Waals surface area (Å²) in [6.45, 7) is 3.00. The molecule has 3 aromatic rings. The molecule has 0 saturated heterocycles. The molecule has 0 aromatic carbocycles. The molecule has 0 bridgehead atoms. The van der Waals surface area contributed by atoms with Gasteiger partial charge in [0.25, 0.3) is 0 Å². The predicted molar refractivity (Wildman–Crippen MR) is 91.9 cm³/mol. The molecule has 0 atom stereocenters. The number of aromatic amines is 1. The van der Waals surface area contributed by atoms with E-state index in [-0.39, 0.29) is 0 Å². The maximum atomic E-state index is 4.44. The van der Waals surface area contributed by atoms with Gasteiger partial charge in [-0.2, -0.15) is 0 Å². The number of aromatic nitrogens is 7. The molecule has 3 rings (SSSR count). The third-order valence-electron chi connectivity index (χ3n) is 3.09. The Bertz CT molecular complexity index is 745. The monoisotopic (exact) mass is 347 g/mol. The average Bonchev–Trinajstić information content (AvgIpc) is 3.30. The summed E-state index contributed by atoms with van der Waals surface area (Å²) in [4.78, 5) is 5.62. The van der Waals surface area contributed by atoms with Crippen LogP contribution in [0.3, 0.4) is 0 Å². The lowest BCUT2D eigenvalue weighted by Crippen LogP contribution is -2.05. The molecule has 1 N–H and O–H groups in total. The zero-order valence-corrected chi connectivity index (χ0v) is 14.3. The van der Waals surface area contributed by atoms with Crippen molar-refractivity contribution in [3.05, 3.63) is 34.0 Å². The van der Waals surface area contributed by atoms with Crippen LogP contribution in [0.25, 0.3) is 12.2 Å². The molecule has 0 fully saturated rings. The summed E-state index contributed by atoms with van der Waals surface area (Å²) in [5.74, 6) is 2.25. The van der Waals surface area contributed by atoms with Gasteiger partial charge in [-0.1, -0.05) is 31.2 Å². The second-order valence-electron chi connectivity index (χ2n) is 4.81. The first-order valence-corrected chi connectivity index (χ1v) is 9.23. The zero-order chi connectivity index (χ0) is 15.9. The zero-order valence-electron chi connectivity index (χ0n) is 12.7. The fraction of sp³-hybridized carbons (Fsp3) is 0.357. The van der Waals surface area contributed by atoms with E-state index in [1.54, 1.807) is 11.3 Å². The molecule has 0 spiro atoms. The van der Waals surface area contributed by atoms with Crippen LogP contribution in [0, 0.1) is 0 Å². The lowest BCUT2D eigenvalue weighted by molar-refractivity contribution is 0.540. The number of aryl methyl sites for hydroxylation is 1. The number of nitrogens with one attached hydrogen (secondary N) is 1. The number of hydrogen-bond acceptors (Lipinski definition) is 7. The second kappa shape index (κ2) is 8.02. The molecule has 0 aliphatic carbocycles. The Morgan fingerprint density at radius 2 is 2.35 bits per heavy atom. The van der Waals surface area contributed by atoms with E-state index in [2.05, 4.69) is 43.7 Å². The lowest BCUT2D eigenvalue weighted by Gasteiger charge is -2.01. The highest BCUT2D eigenvalue weighted by Crippen LogP contribution is 2.18. The Morgan fingerprint density at radius 1 is 1.39 bits per heavy atom. The molecule has 0 saturated carbocycles. The Kier molecular flexibility index (Phi) is 5.54. The molecule has 3 aromatic heterocycles. The minimum atomic E-state index is 0.655. The number of H-pyrrole nitrogens is 1. The highest BCUT2D eigenvalue weighted by atomic mass is 32.2. The topological polar surface area (TPSA) is 85.2 Å². The number of thiophene rings is 1. The van der Waals surface area contributed by atoms with Gasteiger partial charge in [0.05, 0.1) is 5.75 Å². The normalized spacial score (nSPS) is 11.5. The number of tetrazole rings is 1. The van der Waals surface area contributed by atoms with Crippen LogP contribution < -0.4 is 0 Å². The Morgan fingerprint density at radius 3 is 3.17 bits per heavy atom. The summed E-state index contributed by atoms with van der Waals surface area (Å²) in [6, 6.07) is 4.08. The van der Waals surface area contributed by atoms with Crippen molar-refractivity contribution in [1.29, 1.82) is 0 Å². The molecule has 0 amide bonds. The SMILES string of the molecule is CCCCn1nnnc1CSc1n[nH]c(/C=C/c2cccs2)n1. The molecule has 120 valence electrons. The molecule has 7 nitrogen and oxygen atoms in total. The summed E-state index contributed by atoms with van der Waals surface area (Å²) in [5.41, 5.74) is 0. The van der Waals surface area contributed by atoms with Crippen molar-refractivity contribution in [2.75, 3.05) is 0 Å². The Labute approximate surface area is 142 Å². The third-order valence-corrected chi connectivity index (χ3v) is 4.77. The summed E-state index contributed by atoms with van der Waals surface area (Å²) in [6.07, 6.45) is 6.13. The fourth-order valence-electron chi connectivity index (χ4n) is 1.88. The van der Waals surface area contributed by atoms with E-state index in [1.807, 2.05) is 28.3 Å². The van der Waals surface area contributed by atoms with Gasteiger partial charge in [0, 0.05) is 11.4 Å². The number of rotatable bonds is 8. The quantitative estimate of drug-likeness (QED) is 0.630. The van der Waals surface area contributed by atoms with Crippen LogP contribution in [0.15, 0.2) is 22.7 Å². The Balaban J connectivity index is 1.56. The van der Waals surface area contributed by atoms with Crippen LogP contribution in [0.2, 0.25) is 0 Å². The second-order valence-corrected chi connectivity index (χ2v) is 6.73. The molecular weight excluding hydrogens is 330 g/mol. The van der Waals surface area contributed by atoms with Crippen molar-refractivity contribution in [3.8, 4) is 0 Å². The van der Waals surface area contributed by atoms with Crippen LogP contribution in [-0.2, 0) is 12.3 Å². The van der Waals surface area contributed by atoms with Gasteiger partial charge in [-0.15, -0.1) is 21.5 Å². The fourth-order valence-corrected chi connectivity index (χ4v) is 3.24. The third kappa shape index (κ3) is 4.49. The summed E-state index contributed by atoms with van der Waals surface area (Å²) >= 11 is 3.21. The first-order valence-electron chi connectivity index (χ1n) is 7.37. The lowest BCUT2D eigenvalue weighted by atomic mass is 10.3. The maximum absolute atomic E-state index is 4.44. The van der Waals surface area contributed by atoms with Gasteiger partial charge in [-0.25, -0.2) is 9.67 Å². The van der Waals surface area contributed by atoms with Crippen LogP contribution in [0.1, 0.15) is 36.3 Å². The van der Waals surface area contributed by atoms with E-state index in [0.717, 1.165) is 31.0 Å². The molecule has 0 unspecified atom stereocenters. The molecule has 0 aliphatic rings. The van der Waals surface area contributed by atoms with Gasteiger partial charge < -0.3 is 0 Å². The van der Waals surface area contributed by atoms with Crippen LogP contribution in [-0.4, -0.2) is 35.4 Å². The molecular formula is C14H17N7S2. The van der Waals surface area contributed by atoms with E-state index in [1.165, 1.54) is 16.6 Å². The molecule has 9 heteroatoms. The van der Waals surface area contributed by atoms with E-state index in [9.17, 15) is 0 Å². The minimum Gasteiger partial charge on any atom is -0.259 e. The van der Waals surface area contributed by atoms with Crippen molar-refractivity contribution < 1.29 is 0 Å². The minimum absolute atomic E-state index is 0.655. The first-order chi connectivity index (χ1) is 11.3. The van der Waals surface area contributed by atoms with E-state index < -0.39 is 0 Å². The van der Waals surface area contributed by atoms with Crippen molar-refractivity contribution in [2.45, 2.75) is 37.2 Å². The predicted octanol–water partition coefficient (Wildman–Crippen LogP) is 3.12. The van der Waals surface area contributed by atoms with E-state index in [0.29, 0.717) is 10.9 Å². The standard InChI is InChI=1S/C14H17N7S2/c1-2-3-8-21-13(17-19-20-21)10-23-14-15-12(16-18-14)7-6-11-5-4-9-22-11/h4-7,9H,2-3,8,10H2,1H3,(H,15,16,18)/b7-6+. The molecule has 0 aliphatic heterocycles. The number of thioether (sulfide) groups is 1. The summed E-state index contributed by atoms with van der Waals surface area (Å²) in [5, 5.41) is 21.7. The number of nitrogens with zero attached hydrogens (tertiary/aromatic N) is 6. The molecule has 3 heterocycles. The van der Waals surface area contributed by atoms with Gasteiger partial charge in [0.1, 0.15) is 5.82 Å². The van der Waals surface area contributed by atoms with Gasteiger partial charge in [0.2, 0.25) is 5.16 Å². The van der Waals surface area contributed by atoms with Gasteiger partial charge in [-0.3, -0.25) is 5.10 Å². The van der Waals surface area contributed by atoms with E-state index in [4.69, 9.17) is 0 Å². The van der Waals surface area contributed by atoms with Gasteiger partial charge in [-0.05, 0) is 40.4 Å². The van der Waals surface area contributed by atoms with Crippen molar-refractivity contribution in [1.82, 2.24) is 35.4 Å². The van der Waals surface area contributed by atoms with Crippen molar-refractivity contribution in [3.63, 3.8) is 0 Å². The molecule has 23 heavy (non-hydrogen) atoms. The summed E-state index contributed by atoms with van der Waals surface area (Å²) in [7, 11) is 0. The average molecular weight is 347 g/mol. The van der Waals surface area contributed by atoms with Crippen molar-refractivity contribution >= 4 is 35.3 Å². The smallest absolute Gasteiger partial charge is 0.209 e. The van der Waals surface area contributed by atoms with Gasteiger partial charge >= 0.3 is 0 Å². The van der Waals surface area contributed by atoms with Crippen LogP contribution >= 0.6 is 23.1 Å². The van der Waals surface area contributed by atoms with Crippen LogP contribution in [0.5, 0.6) is 0 Å². The first kappa shape index (κ1) is 15.9. The van der Waals surface area contributed by atoms with Crippen molar-refractivity contribution in [2.24, 2.45) is 0 Å². The maximum Gasteiger partial charge on any atom is 0.209 e.